The molecule has 2 aromatic rings. The summed E-state index contributed by atoms with van der Waals surface area (Å²) in [4.78, 5) is 17.6. The van der Waals surface area contributed by atoms with E-state index in [0.717, 1.165) is 0 Å². The van der Waals surface area contributed by atoms with E-state index in [-0.39, 0.29) is 5.28 Å². The molecule has 0 aliphatic carbocycles. The van der Waals surface area contributed by atoms with Gasteiger partial charge >= 0.3 is 0 Å². The molecule has 78 valence electrons. The number of hydrogen-bond acceptors (Lipinski definition) is 6. The smallest absolute Gasteiger partial charge is 0.258 e. The Balaban J connectivity index is 2.49. The van der Waals surface area contributed by atoms with Crippen LogP contribution in [0, 0.1) is 0 Å². The first-order valence-electron chi connectivity index (χ1n) is 4.11. The molecule has 8 heteroatoms. The first kappa shape index (κ1) is 9.78. The summed E-state index contributed by atoms with van der Waals surface area (Å²) in [5, 5.41) is 4.03. The second-order valence-electron chi connectivity index (χ2n) is 2.94. The molecule has 15 heavy (non-hydrogen) atoms. The summed E-state index contributed by atoms with van der Waals surface area (Å²) >= 11 is 5.76. The van der Waals surface area contributed by atoms with Gasteiger partial charge in [-0.15, -0.1) is 0 Å². The third-order valence-corrected chi connectivity index (χ3v) is 1.78. The average Bonchev–Trinajstić information content (AvgIpc) is 2.69. The number of anilines is 1. The molecule has 0 radical (unpaired) electrons. The summed E-state index contributed by atoms with van der Waals surface area (Å²) < 4.78 is 1.42. The molecule has 0 aliphatic rings. The molecule has 2 aromatic heterocycles. The quantitative estimate of drug-likeness (QED) is 0.726. The monoisotopic (exact) mass is 225 g/mol. The minimum absolute atomic E-state index is 0.124. The molecule has 0 saturated carbocycles. The van der Waals surface area contributed by atoms with Crippen LogP contribution < -0.4 is 4.90 Å². The summed E-state index contributed by atoms with van der Waals surface area (Å²) in [6, 6.07) is 0. The fraction of sp³-hybridized carbons (Fsp3) is 0.286. The Morgan fingerprint density at radius 2 is 2.07 bits per heavy atom. The summed E-state index contributed by atoms with van der Waals surface area (Å²) in [6.07, 6.45) is 2.89. The Hall–Kier alpha value is -1.76. The van der Waals surface area contributed by atoms with Gasteiger partial charge in [-0.25, -0.2) is 4.98 Å². The van der Waals surface area contributed by atoms with E-state index in [1.165, 1.54) is 17.3 Å². The van der Waals surface area contributed by atoms with Gasteiger partial charge in [0.15, 0.2) is 0 Å². The highest BCUT2D eigenvalue weighted by atomic mass is 35.5. The molecule has 0 spiro atoms. The highest BCUT2D eigenvalue weighted by Gasteiger charge is 2.08. The van der Waals surface area contributed by atoms with Crippen LogP contribution >= 0.6 is 11.6 Å². The SMILES string of the molecule is CN(C)c1nc(Cl)nc(-n2cncn2)n1. The lowest BCUT2D eigenvalue weighted by atomic mass is 10.8. The molecule has 0 saturated heterocycles. The summed E-state index contributed by atoms with van der Waals surface area (Å²) in [5.41, 5.74) is 0. The number of nitrogens with zero attached hydrogens (tertiary/aromatic N) is 7. The fourth-order valence-corrected chi connectivity index (χ4v) is 1.09. The maximum absolute atomic E-state index is 5.76. The normalized spacial score (nSPS) is 10.3. The Morgan fingerprint density at radius 1 is 1.27 bits per heavy atom. The zero-order valence-corrected chi connectivity index (χ0v) is 8.92. The van der Waals surface area contributed by atoms with Crippen molar-refractivity contribution in [1.29, 1.82) is 0 Å². The topological polar surface area (TPSA) is 72.6 Å². The Bertz CT molecular complexity index is 452. The van der Waals surface area contributed by atoms with E-state index in [1.54, 1.807) is 4.90 Å². The Labute approximate surface area is 90.8 Å². The molecule has 2 rings (SSSR count). The Kier molecular flexibility index (Phi) is 2.46. The second-order valence-corrected chi connectivity index (χ2v) is 3.28. The predicted molar refractivity (Wildman–Crippen MR) is 54.1 cm³/mol. The van der Waals surface area contributed by atoms with E-state index in [0.29, 0.717) is 11.9 Å². The van der Waals surface area contributed by atoms with E-state index in [1.807, 2.05) is 14.1 Å². The van der Waals surface area contributed by atoms with Crippen LogP contribution in [0.25, 0.3) is 5.95 Å². The maximum atomic E-state index is 5.76. The summed E-state index contributed by atoms with van der Waals surface area (Å²) in [5.74, 6) is 0.816. The molecule has 0 aromatic carbocycles. The molecular weight excluding hydrogens is 218 g/mol. The van der Waals surface area contributed by atoms with E-state index in [2.05, 4.69) is 25.0 Å². The molecule has 0 fully saturated rings. The number of hydrogen-bond donors (Lipinski definition) is 0. The lowest BCUT2D eigenvalue weighted by molar-refractivity contribution is 0.786. The molecule has 0 bridgehead atoms. The van der Waals surface area contributed by atoms with Gasteiger partial charge in [-0.2, -0.15) is 24.7 Å². The van der Waals surface area contributed by atoms with Crippen molar-refractivity contribution in [1.82, 2.24) is 29.7 Å². The molecule has 0 aliphatic heterocycles. The van der Waals surface area contributed by atoms with Gasteiger partial charge < -0.3 is 4.90 Å². The molecule has 0 atom stereocenters. The first-order chi connectivity index (χ1) is 7.16. The van der Waals surface area contributed by atoms with Gasteiger partial charge in [0.25, 0.3) is 5.95 Å². The fourth-order valence-electron chi connectivity index (χ4n) is 0.943. The lowest BCUT2D eigenvalue weighted by Gasteiger charge is -2.10. The van der Waals surface area contributed by atoms with Crippen molar-refractivity contribution in [3.63, 3.8) is 0 Å². The van der Waals surface area contributed by atoms with Crippen LogP contribution in [0.4, 0.5) is 5.95 Å². The van der Waals surface area contributed by atoms with Gasteiger partial charge in [-0.05, 0) is 11.6 Å². The highest BCUT2D eigenvalue weighted by molar-refractivity contribution is 6.28. The van der Waals surface area contributed by atoms with Gasteiger partial charge in [0.2, 0.25) is 11.2 Å². The molecular formula is C7H8ClN7. The minimum atomic E-state index is 0.124. The van der Waals surface area contributed by atoms with Crippen molar-refractivity contribution in [3.8, 4) is 5.95 Å². The van der Waals surface area contributed by atoms with E-state index in [4.69, 9.17) is 11.6 Å². The Morgan fingerprint density at radius 3 is 2.67 bits per heavy atom. The van der Waals surface area contributed by atoms with Crippen LogP contribution in [0.5, 0.6) is 0 Å². The van der Waals surface area contributed by atoms with Gasteiger partial charge in [0.05, 0.1) is 0 Å². The molecule has 7 nitrogen and oxygen atoms in total. The van der Waals surface area contributed by atoms with Gasteiger partial charge in [-0.3, -0.25) is 0 Å². The van der Waals surface area contributed by atoms with Crippen LogP contribution in [-0.4, -0.2) is 43.8 Å². The summed E-state index contributed by atoms with van der Waals surface area (Å²) in [6.45, 7) is 0. The predicted octanol–water partition coefficient (Wildman–Crippen LogP) is 0.172. The molecule has 2 heterocycles. The average molecular weight is 226 g/mol. The van der Waals surface area contributed by atoms with Gasteiger partial charge in [0, 0.05) is 14.1 Å². The maximum Gasteiger partial charge on any atom is 0.258 e. The molecule has 0 amide bonds. The van der Waals surface area contributed by atoms with Crippen molar-refractivity contribution >= 4 is 17.5 Å². The van der Waals surface area contributed by atoms with E-state index >= 15 is 0 Å². The van der Waals surface area contributed by atoms with Crippen molar-refractivity contribution in [2.24, 2.45) is 0 Å². The third kappa shape index (κ3) is 2.01. The van der Waals surface area contributed by atoms with Crippen LogP contribution in [0.1, 0.15) is 0 Å². The van der Waals surface area contributed by atoms with Crippen molar-refractivity contribution < 1.29 is 0 Å². The zero-order valence-electron chi connectivity index (χ0n) is 8.16. The van der Waals surface area contributed by atoms with Crippen molar-refractivity contribution in [2.45, 2.75) is 0 Å². The minimum Gasteiger partial charge on any atom is -0.347 e. The number of halogens is 1. The van der Waals surface area contributed by atoms with Crippen LogP contribution in [0.15, 0.2) is 12.7 Å². The highest BCUT2D eigenvalue weighted by Crippen LogP contribution is 2.09. The third-order valence-electron chi connectivity index (χ3n) is 1.61. The van der Waals surface area contributed by atoms with Crippen LogP contribution in [0.3, 0.4) is 0 Å². The molecule has 0 N–H and O–H groups in total. The van der Waals surface area contributed by atoms with Crippen LogP contribution in [-0.2, 0) is 0 Å². The van der Waals surface area contributed by atoms with Crippen molar-refractivity contribution in [2.75, 3.05) is 19.0 Å². The summed E-state index contributed by atoms with van der Waals surface area (Å²) in [7, 11) is 3.63. The van der Waals surface area contributed by atoms with Gasteiger partial charge in [-0.1, -0.05) is 0 Å². The molecule has 0 unspecified atom stereocenters. The number of aromatic nitrogens is 6. The largest absolute Gasteiger partial charge is 0.347 e. The first-order valence-corrected chi connectivity index (χ1v) is 4.48. The number of rotatable bonds is 2. The second kappa shape index (κ2) is 3.77. The van der Waals surface area contributed by atoms with Crippen LogP contribution in [0.2, 0.25) is 5.28 Å². The standard InChI is InChI=1S/C7H8ClN7/c1-14(2)6-11-5(8)12-7(13-6)15-4-9-3-10-15/h3-4H,1-2H3. The van der Waals surface area contributed by atoms with E-state index < -0.39 is 0 Å². The van der Waals surface area contributed by atoms with Gasteiger partial charge in [0.1, 0.15) is 12.7 Å². The zero-order chi connectivity index (χ0) is 10.8. The van der Waals surface area contributed by atoms with Crippen molar-refractivity contribution in [3.05, 3.63) is 17.9 Å². The lowest BCUT2D eigenvalue weighted by Crippen LogP contribution is -2.15. The van der Waals surface area contributed by atoms with E-state index in [9.17, 15) is 0 Å².